The van der Waals surface area contributed by atoms with Crippen molar-refractivity contribution in [2.24, 2.45) is 5.14 Å². The molecule has 0 aliphatic heterocycles. The highest BCUT2D eigenvalue weighted by atomic mass is 35.5. The maximum absolute atomic E-state index is 12.8. The second-order valence-electron chi connectivity index (χ2n) is 6.10. The van der Waals surface area contributed by atoms with Gasteiger partial charge in [0.25, 0.3) is 0 Å². The summed E-state index contributed by atoms with van der Waals surface area (Å²) in [5.41, 5.74) is 0.638. The first-order valence-corrected chi connectivity index (χ1v) is 10.9. The molecule has 0 fully saturated rings. The molecule has 3 N–H and O–H groups in total. The van der Waals surface area contributed by atoms with E-state index in [1.165, 1.54) is 12.1 Å². The number of nitrogens with one attached hydrogen (secondary N) is 1. The Kier molecular flexibility index (Phi) is 6.18. The molecule has 0 saturated heterocycles. The summed E-state index contributed by atoms with van der Waals surface area (Å²) in [6, 6.07) is 10.4. The fraction of sp³-hybridized carbons (Fsp3) is 0.111. The number of sulfonamides is 1. The van der Waals surface area contributed by atoms with Crippen LogP contribution in [0.5, 0.6) is 0 Å². The summed E-state index contributed by atoms with van der Waals surface area (Å²) in [5.74, 6) is -0.464. The first kappa shape index (κ1) is 22.2. The third-order valence-electron chi connectivity index (χ3n) is 3.89. The van der Waals surface area contributed by atoms with E-state index in [2.05, 4.69) is 10.3 Å². The minimum Gasteiger partial charge on any atom is -0.326 e. The second kappa shape index (κ2) is 8.34. The van der Waals surface area contributed by atoms with Gasteiger partial charge in [-0.05, 0) is 23.8 Å². The van der Waals surface area contributed by atoms with Gasteiger partial charge in [-0.3, -0.25) is 4.79 Å². The molecule has 1 amide bonds. The van der Waals surface area contributed by atoms with Crippen molar-refractivity contribution < 1.29 is 26.4 Å². The van der Waals surface area contributed by atoms with Gasteiger partial charge in [-0.2, -0.15) is 13.2 Å². The molecule has 0 radical (unpaired) electrons. The quantitative estimate of drug-likeness (QED) is 0.574. The number of aromatic nitrogens is 1. The Hall–Kier alpha value is -2.47. The van der Waals surface area contributed by atoms with Gasteiger partial charge in [-0.1, -0.05) is 35.9 Å². The molecule has 6 nitrogen and oxygen atoms in total. The van der Waals surface area contributed by atoms with Gasteiger partial charge in [0.15, 0.2) is 5.01 Å². The van der Waals surface area contributed by atoms with Crippen molar-refractivity contribution in [2.75, 3.05) is 5.32 Å². The maximum Gasteiger partial charge on any atom is 0.443 e. The number of nitrogens with zero attached hydrogens (tertiary/aromatic N) is 1. The topological polar surface area (TPSA) is 102 Å². The van der Waals surface area contributed by atoms with Gasteiger partial charge >= 0.3 is 6.18 Å². The fourth-order valence-corrected chi connectivity index (χ4v) is 4.45. The molecule has 1 aromatic heterocycles. The first-order chi connectivity index (χ1) is 13.9. The number of hydrogen-bond donors (Lipinski definition) is 2. The van der Waals surface area contributed by atoms with Crippen LogP contribution in [0.1, 0.15) is 10.6 Å². The summed E-state index contributed by atoms with van der Waals surface area (Å²) in [6.07, 6.45) is -3.79. The SMILES string of the molecule is NS(=O)(=O)c1cc(NC(=O)Cc2ccccc2Cl)ccc1-c1cnc(C(F)(F)F)s1. The monoisotopic (exact) mass is 475 g/mol. The van der Waals surface area contributed by atoms with Crippen molar-refractivity contribution in [1.82, 2.24) is 4.98 Å². The molecule has 0 atom stereocenters. The van der Waals surface area contributed by atoms with E-state index in [4.69, 9.17) is 16.7 Å². The molecule has 0 saturated carbocycles. The molecule has 0 spiro atoms. The van der Waals surface area contributed by atoms with E-state index in [1.54, 1.807) is 24.3 Å². The highest BCUT2D eigenvalue weighted by Gasteiger charge is 2.35. The van der Waals surface area contributed by atoms with E-state index in [0.29, 0.717) is 10.6 Å². The molecule has 0 aliphatic carbocycles. The van der Waals surface area contributed by atoms with Crippen molar-refractivity contribution in [2.45, 2.75) is 17.5 Å². The van der Waals surface area contributed by atoms with Crippen LogP contribution in [0, 0.1) is 0 Å². The fourth-order valence-electron chi connectivity index (χ4n) is 2.59. The second-order valence-corrected chi connectivity index (χ2v) is 9.07. The summed E-state index contributed by atoms with van der Waals surface area (Å²) < 4.78 is 62.5. The number of anilines is 1. The molecule has 1 heterocycles. The Morgan fingerprint density at radius 1 is 1.20 bits per heavy atom. The van der Waals surface area contributed by atoms with Crippen LogP contribution in [0.3, 0.4) is 0 Å². The van der Waals surface area contributed by atoms with Crippen LogP contribution in [0.15, 0.2) is 53.6 Å². The Balaban J connectivity index is 1.91. The lowest BCUT2D eigenvalue weighted by atomic mass is 10.1. The zero-order valence-corrected chi connectivity index (χ0v) is 17.3. The molecule has 2 aromatic carbocycles. The highest BCUT2D eigenvalue weighted by Crippen LogP contribution is 2.38. The van der Waals surface area contributed by atoms with Crippen LogP contribution < -0.4 is 10.5 Å². The summed E-state index contributed by atoms with van der Waals surface area (Å²) in [7, 11) is -4.31. The van der Waals surface area contributed by atoms with Gasteiger partial charge in [0.1, 0.15) is 0 Å². The van der Waals surface area contributed by atoms with E-state index in [1.807, 2.05) is 0 Å². The molecule has 12 heteroatoms. The normalized spacial score (nSPS) is 12.0. The maximum atomic E-state index is 12.8. The number of halogens is 4. The Bertz CT molecular complexity index is 1210. The molecular formula is C18H13ClF3N3O3S2. The minimum absolute atomic E-state index is 0.0275. The van der Waals surface area contributed by atoms with E-state index >= 15 is 0 Å². The first-order valence-electron chi connectivity index (χ1n) is 8.18. The molecule has 30 heavy (non-hydrogen) atoms. The zero-order chi connectivity index (χ0) is 22.1. The van der Waals surface area contributed by atoms with Gasteiger partial charge in [-0.25, -0.2) is 18.5 Å². The number of hydrogen-bond acceptors (Lipinski definition) is 5. The van der Waals surface area contributed by atoms with Crippen LogP contribution in [0.4, 0.5) is 18.9 Å². The summed E-state index contributed by atoms with van der Waals surface area (Å²) in [4.78, 5) is 15.1. The van der Waals surface area contributed by atoms with Gasteiger partial charge in [-0.15, -0.1) is 11.3 Å². The van der Waals surface area contributed by atoms with Gasteiger partial charge in [0.2, 0.25) is 15.9 Å². The Labute approximate surface area is 178 Å². The molecular weight excluding hydrogens is 463 g/mol. The van der Waals surface area contributed by atoms with Gasteiger partial charge < -0.3 is 5.32 Å². The summed E-state index contributed by atoms with van der Waals surface area (Å²) >= 11 is 6.31. The van der Waals surface area contributed by atoms with Gasteiger partial charge in [0, 0.05) is 22.5 Å². The number of thiazole rings is 1. The lowest BCUT2D eigenvalue weighted by Gasteiger charge is -2.11. The van der Waals surface area contributed by atoms with Gasteiger partial charge in [0.05, 0.1) is 16.2 Å². The number of carbonyl (C=O) groups excluding carboxylic acids is 1. The average Bonchev–Trinajstić information content (AvgIpc) is 3.13. The number of nitrogens with two attached hydrogens (primary N) is 1. The van der Waals surface area contributed by atoms with Crippen LogP contribution in [0.25, 0.3) is 10.4 Å². The number of carbonyl (C=O) groups is 1. The molecule has 158 valence electrons. The van der Waals surface area contributed by atoms with E-state index in [9.17, 15) is 26.4 Å². The molecule has 0 aliphatic rings. The predicted octanol–water partition coefficient (Wildman–Crippen LogP) is 4.31. The third kappa shape index (κ3) is 5.17. The molecule has 0 bridgehead atoms. The minimum atomic E-state index is -4.66. The van der Waals surface area contributed by atoms with Crippen molar-refractivity contribution in [3.8, 4) is 10.4 Å². The largest absolute Gasteiger partial charge is 0.443 e. The van der Waals surface area contributed by atoms with Crippen molar-refractivity contribution >= 4 is 44.6 Å². The smallest absolute Gasteiger partial charge is 0.326 e. The lowest BCUT2D eigenvalue weighted by molar-refractivity contribution is -0.137. The van der Waals surface area contributed by atoms with E-state index < -0.39 is 32.0 Å². The van der Waals surface area contributed by atoms with Crippen molar-refractivity contribution in [3.05, 3.63) is 64.3 Å². The standard InChI is InChI=1S/C18H13ClF3N3O3S2/c19-13-4-2-1-3-10(13)7-16(26)25-11-5-6-12(15(8-11)30(23,27)28)14-9-24-17(29-14)18(20,21)22/h1-6,8-9H,7H2,(H,25,26)(H2,23,27,28). The Morgan fingerprint density at radius 3 is 2.50 bits per heavy atom. The number of amides is 1. The van der Waals surface area contributed by atoms with Crippen LogP contribution in [0.2, 0.25) is 5.02 Å². The van der Waals surface area contributed by atoms with Crippen molar-refractivity contribution in [3.63, 3.8) is 0 Å². The number of primary sulfonamides is 1. The molecule has 3 rings (SSSR count). The van der Waals surface area contributed by atoms with Crippen LogP contribution in [-0.4, -0.2) is 19.3 Å². The van der Waals surface area contributed by atoms with Crippen LogP contribution >= 0.6 is 22.9 Å². The van der Waals surface area contributed by atoms with E-state index in [0.717, 1.165) is 12.3 Å². The summed E-state index contributed by atoms with van der Waals surface area (Å²) in [6.45, 7) is 0. The Morgan fingerprint density at radius 2 is 1.90 bits per heavy atom. The average molecular weight is 476 g/mol. The number of rotatable bonds is 5. The van der Waals surface area contributed by atoms with E-state index in [-0.39, 0.29) is 33.9 Å². The van der Waals surface area contributed by atoms with Crippen molar-refractivity contribution in [1.29, 1.82) is 0 Å². The number of alkyl halides is 3. The highest BCUT2D eigenvalue weighted by molar-refractivity contribution is 7.89. The lowest BCUT2D eigenvalue weighted by Crippen LogP contribution is -2.17. The number of benzene rings is 2. The summed E-state index contributed by atoms with van der Waals surface area (Å²) in [5, 5.41) is 7.05. The zero-order valence-electron chi connectivity index (χ0n) is 14.9. The molecule has 3 aromatic rings. The third-order valence-corrected chi connectivity index (χ3v) is 6.29. The molecule has 0 unspecified atom stereocenters. The predicted molar refractivity (Wildman–Crippen MR) is 108 cm³/mol. The van der Waals surface area contributed by atoms with Crippen LogP contribution in [-0.2, 0) is 27.4 Å².